The standard InChI is InChI=1S/C32H29F3N2O3/c33-32(34,35)40-27-18-16-23(17-19-27)20-30(39)37-21-28(29(38)22-37)36-31(24-10-4-1-5-11-24,25-12-6-2-7-13-25)26-14-8-3-9-15-26/h1-19,28-29,36,38H,20-22H2/t28-,29-/m1/s1. The summed E-state index contributed by atoms with van der Waals surface area (Å²) < 4.78 is 41.3. The van der Waals surface area contributed by atoms with Gasteiger partial charge in [-0.1, -0.05) is 103 Å². The molecule has 1 saturated heterocycles. The third-order valence-corrected chi connectivity index (χ3v) is 7.18. The number of hydrogen-bond donors (Lipinski definition) is 2. The van der Waals surface area contributed by atoms with Crippen molar-refractivity contribution in [2.24, 2.45) is 0 Å². The van der Waals surface area contributed by atoms with Crippen molar-refractivity contribution >= 4 is 5.91 Å². The topological polar surface area (TPSA) is 61.8 Å². The van der Waals surface area contributed by atoms with Crippen LogP contribution in [0, 0.1) is 0 Å². The maximum absolute atomic E-state index is 13.2. The summed E-state index contributed by atoms with van der Waals surface area (Å²) >= 11 is 0. The molecule has 0 aromatic heterocycles. The zero-order valence-corrected chi connectivity index (χ0v) is 21.6. The molecule has 0 saturated carbocycles. The number of carbonyl (C=O) groups excluding carboxylic acids is 1. The zero-order chi connectivity index (χ0) is 28.2. The van der Waals surface area contributed by atoms with Gasteiger partial charge in [0.2, 0.25) is 5.91 Å². The normalized spacial score (nSPS) is 17.6. The van der Waals surface area contributed by atoms with Crippen molar-refractivity contribution in [1.29, 1.82) is 0 Å². The molecule has 5 nitrogen and oxygen atoms in total. The lowest BCUT2D eigenvalue weighted by Gasteiger charge is -2.40. The molecule has 0 bridgehead atoms. The number of nitrogens with zero attached hydrogens (tertiary/aromatic N) is 1. The number of aliphatic hydroxyl groups is 1. The first-order chi connectivity index (χ1) is 19.2. The van der Waals surface area contributed by atoms with Crippen LogP contribution in [0.2, 0.25) is 0 Å². The quantitative estimate of drug-likeness (QED) is 0.295. The van der Waals surface area contributed by atoms with Crippen LogP contribution in [0.1, 0.15) is 22.3 Å². The van der Waals surface area contributed by atoms with Gasteiger partial charge in [0.15, 0.2) is 0 Å². The van der Waals surface area contributed by atoms with Gasteiger partial charge in [0.05, 0.1) is 24.1 Å². The number of amides is 1. The number of alkyl halides is 3. The molecule has 0 spiro atoms. The second-order valence-electron chi connectivity index (χ2n) is 9.83. The van der Waals surface area contributed by atoms with E-state index >= 15 is 0 Å². The zero-order valence-electron chi connectivity index (χ0n) is 21.6. The van der Waals surface area contributed by atoms with Crippen LogP contribution in [-0.4, -0.2) is 47.5 Å². The largest absolute Gasteiger partial charge is 0.573 e. The van der Waals surface area contributed by atoms with Crippen molar-refractivity contribution in [3.05, 3.63) is 138 Å². The molecule has 2 N–H and O–H groups in total. The summed E-state index contributed by atoms with van der Waals surface area (Å²) in [6.07, 6.45) is -5.62. The summed E-state index contributed by atoms with van der Waals surface area (Å²) in [5.41, 5.74) is 2.72. The highest BCUT2D eigenvalue weighted by Gasteiger charge is 2.43. The van der Waals surface area contributed by atoms with E-state index in [1.54, 1.807) is 4.90 Å². The van der Waals surface area contributed by atoms with Crippen molar-refractivity contribution in [2.75, 3.05) is 13.1 Å². The minimum absolute atomic E-state index is 0.00701. The average Bonchev–Trinajstić information content (AvgIpc) is 3.33. The highest BCUT2D eigenvalue weighted by molar-refractivity contribution is 5.79. The molecule has 1 heterocycles. The van der Waals surface area contributed by atoms with Gasteiger partial charge in [-0.15, -0.1) is 13.2 Å². The van der Waals surface area contributed by atoms with Gasteiger partial charge >= 0.3 is 6.36 Å². The summed E-state index contributed by atoms with van der Waals surface area (Å²) in [5, 5.41) is 14.9. The molecule has 4 aromatic carbocycles. The molecular formula is C32H29F3N2O3. The van der Waals surface area contributed by atoms with E-state index in [4.69, 9.17) is 0 Å². The molecule has 40 heavy (non-hydrogen) atoms. The molecule has 1 amide bonds. The Morgan fingerprint density at radius 1 is 0.775 bits per heavy atom. The van der Waals surface area contributed by atoms with Crippen LogP contribution in [0.25, 0.3) is 0 Å². The van der Waals surface area contributed by atoms with Crippen LogP contribution in [0.3, 0.4) is 0 Å². The Balaban J connectivity index is 1.40. The monoisotopic (exact) mass is 546 g/mol. The Bertz CT molecular complexity index is 1300. The van der Waals surface area contributed by atoms with Crippen LogP contribution in [-0.2, 0) is 16.8 Å². The second kappa shape index (κ2) is 11.5. The predicted octanol–water partition coefficient (Wildman–Crippen LogP) is 5.28. The third-order valence-electron chi connectivity index (χ3n) is 7.18. The van der Waals surface area contributed by atoms with E-state index in [-0.39, 0.29) is 31.2 Å². The minimum Gasteiger partial charge on any atom is -0.406 e. The highest BCUT2D eigenvalue weighted by atomic mass is 19.4. The lowest BCUT2D eigenvalue weighted by atomic mass is 9.76. The molecule has 8 heteroatoms. The minimum atomic E-state index is -4.78. The average molecular weight is 547 g/mol. The Morgan fingerprint density at radius 3 is 1.70 bits per heavy atom. The van der Waals surface area contributed by atoms with E-state index in [9.17, 15) is 23.1 Å². The second-order valence-corrected chi connectivity index (χ2v) is 9.83. The smallest absolute Gasteiger partial charge is 0.406 e. The Kier molecular flexibility index (Phi) is 7.91. The van der Waals surface area contributed by atoms with E-state index < -0.39 is 24.0 Å². The summed E-state index contributed by atoms with van der Waals surface area (Å²) in [7, 11) is 0. The molecule has 2 atom stereocenters. The van der Waals surface area contributed by atoms with Gasteiger partial charge in [0.1, 0.15) is 5.75 Å². The highest BCUT2D eigenvalue weighted by Crippen LogP contribution is 2.38. The number of halogens is 3. The van der Waals surface area contributed by atoms with Crippen molar-refractivity contribution < 1.29 is 27.8 Å². The maximum atomic E-state index is 13.2. The number of hydrogen-bond acceptors (Lipinski definition) is 4. The number of ether oxygens (including phenoxy) is 1. The van der Waals surface area contributed by atoms with Gasteiger partial charge in [0, 0.05) is 13.1 Å². The molecule has 1 aliphatic rings. The van der Waals surface area contributed by atoms with Crippen LogP contribution < -0.4 is 10.1 Å². The Morgan fingerprint density at radius 2 is 1.25 bits per heavy atom. The fourth-order valence-corrected chi connectivity index (χ4v) is 5.32. The van der Waals surface area contributed by atoms with E-state index in [1.807, 2.05) is 91.0 Å². The van der Waals surface area contributed by atoms with Crippen molar-refractivity contribution in [3.63, 3.8) is 0 Å². The summed E-state index contributed by atoms with van der Waals surface area (Å²) in [4.78, 5) is 14.8. The van der Waals surface area contributed by atoms with Crippen molar-refractivity contribution in [1.82, 2.24) is 10.2 Å². The van der Waals surface area contributed by atoms with Crippen LogP contribution in [0.5, 0.6) is 5.75 Å². The number of likely N-dealkylation sites (tertiary alicyclic amines) is 1. The van der Waals surface area contributed by atoms with Crippen molar-refractivity contribution in [2.45, 2.75) is 30.5 Å². The number of rotatable bonds is 8. The van der Waals surface area contributed by atoms with E-state index in [0.29, 0.717) is 5.56 Å². The van der Waals surface area contributed by atoms with Gasteiger partial charge in [-0.2, -0.15) is 0 Å². The van der Waals surface area contributed by atoms with Gasteiger partial charge < -0.3 is 14.7 Å². The number of β-amino-alcohol motifs (C(OH)–C–C–N with tert-alkyl or cyclic N) is 1. The first-order valence-electron chi connectivity index (χ1n) is 13.0. The number of nitrogens with one attached hydrogen (secondary N) is 1. The summed E-state index contributed by atoms with van der Waals surface area (Å²) in [5.74, 6) is -0.568. The lowest BCUT2D eigenvalue weighted by Crippen LogP contribution is -2.53. The molecule has 5 rings (SSSR count). The number of benzene rings is 4. The fraction of sp³-hybridized carbons (Fsp3) is 0.219. The third kappa shape index (κ3) is 6.03. The predicted molar refractivity (Wildman–Crippen MR) is 146 cm³/mol. The number of aliphatic hydroxyl groups excluding tert-OH is 1. The van der Waals surface area contributed by atoms with Crippen molar-refractivity contribution in [3.8, 4) is 5.75 Å². The lowest BCUT2D eigenvalue weighted by molar-refractivity contribution is -0.274. The van der Waals surface area contributed by atoms with Crippen LogP contribution in [0.4, 0.5) is 13.2 Å². The summed E-state index contributed by atoms with van der Waals surface area (Å²) in [6, 6.07) is 34.8. The molecule has 4 aromatic rings. The summed E-state index contributed by atoms with van der Waals surface area (Å²) in [6.45, 7) is 0.406. The van der Waals surface area contributed by atoms with E-state index in [2.05, 4.69) is 10.1 Å². The molecule has 0 unspecified atom stereocenters. The van der Waals surface area contributed by atoms with Crippen LogP contribution >= 0.6 is 0 Å². The van der Waals surface area contributed by atoms with Crippen LogP contribution in [0.15, 0.2) is 115 Å². The van der Waals surface area contributed by atoms with Gasteiger partial charge in [-0.3, -0.25) is 10.1 Å². The molecule has 0 aliphatic carbocycles. The molecule has 0 radical (unpaired) electrons. The molecule has 206 valence electrons. The fourth-order valence-electron chi connectivity index (χ4n) is 5.32. The van der Waals surface area contributed by atoms with E-state index in [0.717, 1.165) is 16.7 Å². The Labute approximate surface area is 230 Å². The van der Waals surface area contributed by atoms with E-state index in [1.165, 1.54) is 24.3 Å². The van der Waals surface area contributed by atoms with Gasteiger partial charge in [0.25, 0.3) is 0 Å². The molecular weight excluding hydrogens is 517 g/mol. The van der Waals surface area contributed by atoms with Gasteiger partial charge in [-0.25, -0.2) is 0 Å². The molecule has 1 fully saturated rings. The first-order valence-corrected chi connectivity index (χ1v) is 13.0. The Hall–Kier alpha value is -4.14. The number of carbonyl (C=O) groups is 1. The SMILES string of the molecule is O=C(Cc1ccc(OC(F)(F)F)cc1)N1C[C@@H](O)[C@H](NC(c2ccccc2)(c2ccccc2)c2ccccc2)C1. The maximum Gasteiger partial charge on any atom is 0.573 e. The first kappa shape index (κ1) is 27.4. The molecule has 1 aliphatic heterocycles. The van der Waals surface area contributed by atoms with Gasteiger partial charge in [-0.05, 0) is 34.4 Å².